The number of allylic oxidation sites excluding steroid dienone is 2. The Balaban J connectivity index is 1.40. The summed E-state index contributed by atoms with van der Waals surface area (Å²) < 4.78 is 25.7. The number of rotatable bonds is 12. The van der Waals surface area contributed by atoms with E-state index in [4.69, 9.17) is 9.31 Å². The van der Waals surface area contributed by atoms with Gasteiger partial charge in [-0.05, 0) is 127 Å². The largest absolute Gasteiger partial charge is 0.666 e. The maximum Gasteiger partial charge on any atom is 0.666 e. The van der Waals surface area contributed by atoms with Crippen molar-refractivity contribution < 1.29 is 22.9 Å². The number of fused-ring (bicyclic) bond motifs is 2. The van der Waals surface area contributed by atoms with Crippen LogP contribution in [0.15, 0.2) is 63.9 Å². The van der Waals surface area contributed by atoms with Crippen LogP contribution in [0.3, 0.4) is 0 Å². The molecule has 5 heterocycles. The van der Waals surface area contributed by atoms with E-state index < -0.39 is 6.82 Å². The average Bonchev–Trinajstić information content (AvgIpc) is 3.34. The summed E-state index contributed by atoms with van der Waals surface area (Å²) >= 11 is 4.98. The zero-order valence-corrected chi connectivity index (χ0v) is 30.1. The van der Waals surface area contributed by atoms with Gasteiger partial charge >= 0.3 is 6.82 Å². The van der Waals surface area contributed by atoms with E-state index in [-0.39, 0.29) is 0 Å². The van der Waals surface area contributed by atoms with Gasteiger partial charge in [-0.3, -0.25) is 0 Å². The van der Waals surface area contributed by atoms with Gasteiger partial charge in [-0.25, -0.2) is 9.13 Å². The summed E-state index contributed by atoms with van der Waals surface area (Å²) in [5.74, 6) is 0. The highest BCUT2D eigenvalue weighted by Crippen LogP contribution is 2.41. The molecule has 0 saturated heterocycles. The first-order valence-electron chi connectivity index (χ1n) is 15.0. The van der Waals surface area contributed by atoms with E-state index in [1.165, 1.54) is 52.2 Å². The minimum Gasteiger partial charge on any atom is -0.483 e. The third kappa shape index (κ3) is 6.21. The second-order valence-electron chi connectivity index (χ2n) is 11.7. The van der Waals surface area contributed by atoms with Crippen molar-refractivity contribution in [1.82, 2.24) is 4.48 Å². The van der Waals surface area contributed by atoms with Crippen molar-refractivity contribution >= 4 is 63.8 Å². The van der Waals surface area contributed by atoms with E-state index >= 15 is 0 Å². The highest BCUT2D eigenvalue weighted by Gasteiger charge is 2.55. The van der Waals surface area contributed by atoms with Crippen LogP contribution in [0.2, 0.25) is 0 Å². The summed E-state index contributed by atoms with van der Waals surface area (Å²) in [5, 5.41) is 0. The zero-order chi connectivity index (χ0) is 30.0. The second kappa shape index (κ2) is 13.4. The van der Waals surface area contributed by atoms with Crippen LogP contribution in [0.25, 0.3) is 6.08 Å². The van der Waals surface area contributed by atoms with Crippen LogP contribution < -0.4 is 9.13 Å². The minimum atomic E-state index is -1.99. The average molecular weight is 792 g/mol. The first-order valence-corrected chi connectivity index (χ1v) is 17.2. The molecule has 2 aliphatic rings. The zero-order valence-electron chi connectivity index (χ0n) is 25.8. The predicted molar refractivity (Wildman–Crippen MR) is 186 cm³/mol. The number of hydrogen-bond acceptors (Lipinski definition) is 2. The molecule has 222 valence electrons. The van der Waals surface area contributed by atoms with E-state index in [0.717, 1.165) is 38.5 Å². The van der Waals surface area contributed by atoms with Crippen molar-refractivity contribution in [2.24, 2.45) is 14.1 Å². The number of unbranched alkanes of at least 4 members (excludes halogenated alkanes) is 2. The fourth-order valence-electron chi connectivity index (χ4n) is 6.22. The van der Waals surface area contributed by atoms with Crippen LogP contribution in [-0.4, -0.2) is 34.7 Å². The van der Waals surface area contributed by atoms with E-state index in [1.54, 1.807) is 0 Å². The van der Waals surface area contributed by atoms with E-state index in [1.807, 2.05) is 0 Å². The Morgan fingerprint density at radius 3 is 1.76 bits per heavy atom. The molecule has 0 atom stereocenters. The lowest BCUT2D eigenvalue weighted by molar-refractivity contribution is -0.671. The smallest absolute Gasteiger partial charge is 0.483 e. The second-order valence-corrected chi connectivity index (χ2v) is 13.9. The third-order valence-electron chi connectivity index (χ3n) is 8.71. The van der Waals surface area contributed by atoms with Gasteiger partial charge < -0.3 is 18.3 Å². The molecular formula is C33H43BI2N4O2+2. The van der Waals surface area contributed by atoms with Crippen LogP contribution in [0, 0.1) is 17.4 Å². The van der Waals surface area contributed by atoms with Crippen molar-refractivity contribution in [2.45, 2.75) is 66.2 Å². The molecule has 3 aromatic rings. The molecule has 0 unspecified atom stereocenters. The Kier molecular flexibility index (Phi) is 10.1. The Labute approximate surface area is 278 Å². The van der Waals surface area contributed by atoms with Gasteiger partial charge in [-0.15, -0.1) is 0 Å². The lowest BCUT2D eigenvalue weighted by Gasteiger charge is -2.42. The Morgan fingerprint density at radius 1 is 0.762 bits per heavy atom. The lowest BCUT2D eigenvalue weighted by atomic mass is 9.81. The lowest BCUT2D eigenvalue weighted by Crippen LogP contribution is -2.62. The fraction of sp³-hybridized carbons (Fsp3) is 0.424. The van der Waals surface area contributed by atoms with Gasteiger partial charge in [0.15, 0.2) is 30.5 Å². The third-order valence-corrected chi connectivity index (χ3v) is 11.9. The quantitative estimate of drug-likeness (QED) is 0.0939. The highest BCUT2D eigenvalue weighted by atomic mass is 127. The number of hydrogen-bond donors (Lipinski definition) is 0. The molecule has 0 aromatic carbocycles. The SMILES string of the molecule is CC1=C(I)C(C)=[N+]2C1=Cc1c(C)c(I)c(C)n1[B-]2(OCCCCc1cc[n+](C)cc1)OCCCCc1cc[n+](C)cc1. The predicted octanol–water partition coefficient (Wildman–Crippen LogP) is 6.27. The fourth-order valence-corrected chi connectivity index (χ4v) is 7.30. The van der Waals surface area contributed by atoms with Gasteiger partial charge in [0.05, 0.1) is 3.58 Å². The summed E-state index contributed by atoms with van der Waals surface area (Å²) in [5.41, 5.74) is 10.1. The number of aromatic nitrogens is 3. The molecule has 0 fully saturated rings. The van der Waals surface area contributed by atoms with Crippen molar-refractivity contribution in [3.63, 3.8) is 0 Å². The molecule has 5 rings (SSSR count). The van der Waals surface area contributed by atoms with Crippen LogP contribution in [0.1, 0.15) is 67.6 Å². The number of halogens is 2. The van der Waals surface area contributed by atoms with Gasteiger partial charge in [0.2, 0.25) is 0 Å². The normalized spacial score (nSPS) is 15.8. The molecule has 42 heavy (non-hydrogen) atoms. The molecule has 6 nitrogen and oxygen atoms in total. The van der Waals surface area contributed by atoms with E-state index in [2.05, 4.69) is 160 Å². The number of aryl methyl sites for hydroxylation is 4. The molecule has 9 heteroatoms. The standard InChI is InChI=1S/C33H43BI2N4O2/c1-24-30-23-31-25(2)33(36)27(4)40(31)34(39(30)26(3)32(24)35,41-21-9-7-11-28-13-17-37(5)18-14-28)42-22-10-8-12-29-15-19-38(6)20-16-29/h13-20,23H,7-12,21-22H2,1-6H3/q+2. The van der Waals surface area contributed by atoms with Gasteiger partial charge in [0.25, 0.3) is 0 Å². The summed E-state index contributed by atoms with van der Waals surface area (Å²) in [7, 11) is 4.12. The molecule has 0 amide bonds. The minimum absolute atomic E-state index is 0.640. The van der Waals surface area contributed by atoms with Crippen LogP contribution in [-0.2, 0) is 36.2 Å². The summed E-state index contributed by atoms with van der Waals surface area (Å²) in [6.45, 7) is 8.16. The van der Waals surface area contributed by atoms with Crippen molar-refractivity contribution in [1.29, 1.82) is 0 Å². The molecule has 0 spiro atoms. The maximum absolute atomic E-state index is 7.09. The molecule has 0 saturated carbocycles. The first kappa shape index (κ1) is 31.6. The Morgan fingerprint density at radius 2 is 1.26 bits per heavy atom. The molecule has 0 N–H and O–H groups in total. The molecule has 0 radical (unpaired) electrons. The first-order chi connectivity index (χ1) is 20.1. The highest BCUT2D eigenvalue weighted by molar-refractivity contribution is 14.1. The van der Waals surface area contributed by atoms with Crippen molar-refractivity contribution in [3.05, 3.63) is 95.6 Å². The summed E-state index contributed by atoms with van der Waals surface area (Å²) in [6.07, 6.45) is 17.0. The maximum atomic E-state index is 7.09. The van der Waals surface area contributed by atoms with Gasteiger partial charge in [0.1, 0.15) is 19.8 Å². The van der Waals surface area contributed by atoms with E-state index in [0.29, 0.717) is 13.2 Å². The monoisotopic (exact) mass is 792 g/mol. The van der Waals surface area contributed by atoms with Crippen LogP contribution in [0.4, 0.5) is 0 Å². The summed E-state index contributed by atoms with van der Waals surface area (Å²) in [6, 6.07) is 8.84. The van der Waals surface area contributed by atoms with E-state index in [9.17, 15) is 0 Å². The van der Waals surface area contributed by atoms with Crippen LogP contribution in [0.5, 0.6) is 0 Å². The van der Waals surface area contributed by atoms with Gasteiger partial charge in [-0.2, -0.15) is 0 Å². The molecule has 0 bridgehead atoms. The summed E-state index contributed by atoms with van der Waals surface area (Å²) in [4.78, 5) is 0. The van der Waals surface area contributed by atoms with Crippen molar-refractivity contribution in [3.8, 4) is 0 Å². The Bertz CT molecular complexity index is 1500. The topological polar surface area (TPSA) is 34.2 Å². The molecule has 2 aliphatic heterocycles. The van der Waals surface area contributed by atoms with Gasteiger partial charge in [0, 0.05) is 65.3 Å². The number of pyridine rings is 2. The van der Waals surface area contributed by atoms with Gasteiger partial charge in [-0.1, -0.05) is 0 Å². The van der Waals surface area contributed by atoms with Crippen molar-refractivity contribution in [2.75, 3.05) is 13.2 Å². The molecular weight excluding hydrogens is 749 g/mol. The molecule has 0 aliphatic carbocycles. The molecule has 3 aromatic heterocycles. The Hall–Kier alpha value is -1.83. The number of nitrogens with zero attached hydrogens (tertiary/aromatic N) is 4. The van der Waals surface area contributed by atoms with Crippen LogP contribution >= 0.6 is 45.2 Å².